The summed E-state index contributed by atoms with van der Waals surface area (Å²) in [6, 6.07) is 12.4. The highest BCUT2D eigenvalue weighted by molar-refractivity contribution is 7.98. The van der Waals surface area contributed by atoms with E-state index in [-0.39, 0.29) is 6.61 Å². The van der Waals surface area contributed by atoms with Gasteiger partial charge in [-0.2, -0.15) is 0 Å². The molecule has 0 bridgehead atoms. The van der Waals surface area contributed by atoms with Crippen molar-refractivity contribution in [2.24, 2.45) is 0 Å². The molecular weight excluding hydrogens is 276 g/mol. The SMILES string of the molecule is Cc1cc(C)cc(CSc2ccc(CO)c(Cl)c2)c1. The minimum atomic E-state index is -0.0130. The van der Waals surface area contributed by atoms with Gasteiger partial charge >= 0.3 is 0 Å². The van der Waals surface area contributed by atoms with E-state index in [9.17, 15) is 0 Å². The van der Waals surface area contributed by atoms with Crippen LogP contribution in [0.4, 0.5) is 0 Å². The van der Waals surface area contributed by atoms with Gasteiger partial charge in [-0.3, -0.25) is 0 Å². The van der Waals surface area contributed by atoms with Gasteiger partial charge in [-0.05, 0) is 37.1 Å². The van der Waals surface area contributed by atoms with Crippen LogP contribution in [0.15, 0.2) is 41.3 Å². The van der Waals surface area contributed by atoms with Crippen LogP contribution in [0.25, 0.3) is 0 Å². The fourth-order valence-corrected chi connectivity index (χ4v) is 3.24. The third kappa shape index (κ3) is 4.00. The smallest absolute Gasteiger partial charge is 0.0696 e. The van der Waals surface area contributed by atoms with Crippen LogP contribution in [0.5, 0.6) is 0 Å². The average Bonchev–Trinajstić information content (AvgIpc) is 2.35. The van der Waals surface area contributed by atoms with Gasteiger partial charge in [-0.25, -0.2) is 0 Å². The topological polar surface area (TPSA) is 20.2 Å². The Kier molecular flexibility index (Phi) is 4.92. The number of hydrogen-bond acceptors (Lipinski definition) is 2. The van der Waals surface area contributed by atoms with Gasteiger partial charge in [0.25, 0.3) is 0 Å². The molecule has 0 saturated heterocycles. The number of benzene rings is 2. The summed E-state index contributed by atoms with van der Waals surface area (Å²) in [6.07, 6.45) is 0. The highest BCUT2D eigenvalue weighted by atomic mass is 35.5. The van der Waals surface area contributed by atoms with Gasteiger partial charge in [-0.15, -0.1) is 11.8 Å². The molecule has 0 heterocycles. The van der Waals surface area contributed by atoms with Crippen molar-refractivity contribution in [2.45, 2.75) is 31.1 Å². The molecule has 0 radical (unpaired) electrons. The molecule has 0 saturated carbocycles. The lowest BCUT2D eigenvalue weighted by molar-refractivity contribution is 0.282. The Morgan fingerprint density at radius 1 is 1.05 bits per heavy atom. The molecule has 19 heavy (non-hydrogen) atoms. The number of aryl methyl sites for hydroxylation is 2. The quantitative estimate of drug-likeness (QED) is 0.821. The predicted molar refractivity (Wildman–Crippen MR) is 82.9 cm³/mol. The van der Waals surface area contributed by atoms with Crippen LogP contribution < -0.4 is 0 Å². The van der Waals surface area contributed by atoms with Crippen LogP contribution in [0.3, 0.4) is 0 Å². The van der Waals surface area contributed by atoms with Crippen molar-refractivity contribution in [3.8, 4) is 0 Å². The highest BCUT2D eigenvalue weighted by Gasteiger charge is 2.03. The molecule has 2 aromatic carbocycles. The molecule has 2 aromatic rings. The lowest BCUT2D eigenvalue weighted by Gasteiger charge is -2.07. The molecule has 0 aliphatic carbocycles. The minimum absolute atomic E-state index is 0.0130. The third-order valence-electron chi connectivity index (χ3n) is 2.88. The summed E-state index contributed by atoms with van der Waals surface area (Å²) in [6.45, 7) is 4.23. The Morgan fingerprint density at radius 2 is 1.74 bits per heavy atom. The molecule has 0 unspecified atom stereocenters. The summed E-state index contributed by atoms with van der Waals surface area (Å²) < 4.78 is 0. The van der Waals surface area contributed by atoms with Crippen molar-refractivity contribution in [3.05, 3.63) is 63.7 Å². The summed E-state index contributed by atoms with van der Waals surface area (Å²) in [5.74, 6) is 0.928. The Balaban J connectivity index is 2.08. The molecule has 0 amide bonds. The Hall–Kier alpha value is -0.960. The lowest BCUT2D eigenvalue weighted by Crippen LogP contribution is -1.87. The van der Waals surface area contributed by atoms with E-state index in [0.29, 0.717) is 5.02 Å². The van der Waals surface area contributed by atoms with Crippen LogP contribution in [0, 0.1) is 13.8 Å². The zero-order valence-corrected chi connectivity index (χ0v) is 12.7. The van der Waals surface area contributed by atoms with Gasteiger partial charge < -0.3 is 5.11 Å². The van der Waals surface area contributed by atoms with E-state index >= 15 is 0 Å². The molecule has 1 nitrogen and oxygen atoms in total. The maximum Gasteiger partial charge on any atom is 0.0696 e. The monoisotopic (exact) mass is 292 g/mol. The van der Waals surface area contributed by atoms with Crippen molar-refractivity contribution in [3.63, 3.8) is 0 Å². The van der Waals surface area contributed by atoms with Crippen LogP contribution >= 0.6 is 23.4 Å². The summed E-state index contributed by atoms with van der Waals surface area (Å²) in [5.41, 5.74) is 4.69. The first kappa shape index (κ1) is 14.4. The number of thioether (sulfide) groups is 1. The number of halogens is 1. The molecule has 1 N–H and O–H groups in total. The molecule has 0 aliphatic heterocycles. The second-order valence-electron chi connectivity index (χ2n) is 4.70. The fraction of sp³-hybridized carbons (Fsp3) is 0.250. The molecular formula is C16H17ClOS. The number of aliphatic hydroxyl groups excluding tert-OH is 1. The lowest BCUT2D eigenvalue weighted by atomic mass is 10.1. The van der Waals surface area contributed by atoms with Crippen molar-refractivity contribution in [1.29, 1.82) is 0 Å². The highest BCUT2D eigenvalue weighted by Crippen LogP contribution is 2.28. The Labute approximate surface area is 123 Å². The predicted octanol–water partition coefficient (Wildman–Crippen LogP) is 4.74. The van der Waals surface area contributed by atoms with E-state index in [0.717, 1.165) is 16.2 Å². The molecule has 0 aliphatic rings. The Bertz CT molecular complexity index is 561. The summed E-state index contributed by atoms with van der Waals surface area (Å²) in [4.78, 5) is 1.13. The van der Waals surface area contributed by atoms with Crippen molar-refractivity contribution >= 4 is 23.4 Å². The van der Waals surface area contributed by atoms with E-state index in [1.54, 1.807) is 11.8 Å². The summed E-state index contributed by atoms with van der Waals surface area (Å²) >= 11 is 7.85. The van der Waals surface area contributed by atoms with E-state index in [1.165, 1.54) is 16.7 Å². The number of aliphatic hydroxyl groups is 1. The largest absolute Gasteiger partial charge is 0.392 e. The van der Waals surface area contributed by atoms with E-state index in [4.69, 9.17) is 16.7 Å². The minimum Gasteiger partial charge on any atom is -0.392 e. The first-order valence-corrected chi connectivity index (χ1v) is 7.54. The molecule has 0 atom stereocenters. The normalized spacial score (nSPS) is 10.7. The standard InChI is InChI=1S/C16H17ClOS/c1-11-5-12(2)7-13(6-11)10-19-15-4-3-14(9-18)16(17)8-15/h3-8,18H,9-10H2,1-2H3. The van der Waals surface area contributed by atoms with E-state index in [1.807, 2.05) is 18.2 Å². The number of hydrogen-bond donors (Lipinski definition) is 1. The fourth-order valence-electron chi connectivity index (χ4n) is 2.07. The van der Waals surface area contributed by atoms with Crippen molar-refractivity contribution < 1.29 is 5.11 Å². The second kappa shape index (κ2) is 6.47. The van der Waals surface area contributed by atoms with Gasteiger partial charge in [-0.1, -0.05) is 47.0 Å². The van der Waals surface area contributed by atoms with Gasteiger partial charge in [0.05, 0.1) is 6.61 Å². The van der Waals surface area contributed by atoms with Gasteiger partial charge in [0.15, 0.2) is 0 Å². The van der Waals surface area contributed by atoms with E-state index in [2.05, 4.69) is 32.0 Å². The van der Waals surface area contributed by atoms with Gasteiger partial charge in [0.1, 0.15) is 0 Å². The third-order valence-corrected chi connectivity index (χ3v) is 4.30. The van der Waals surface area contributed by atoms with Crippen LogP contribution in [0.1, 0.15) is 22.3 Å². The summed E-state index contributed by atoms with van der Waals surface area (Å²) in [5, 5.41) is 9.72. The maximum atomic E-state index is 9.09. The second-order valence-corrected chi connectivity index (χ2v) is 6.15. The first-order valence-electron chi connectivity index (χ1n) is 6.18. The van der Waals surface area contributed by atoms with Crippen molar-refractivity contribution in [1.82, 2.24) is 0 Å². The first-order chi connectivity index (χ1) is 9.08. The van der Waals surface area contributed by atoms with Gasteiger partial charge in [0, 0.05) is 15.7 Å². The molecule has 2 rings (SSSR count). The zero-order valence-electron chi connectivity index (χ0n) is 11.1. The maximum absolute atomic E-state index is 9.09. The number of rotatable bonds is 4. The van der Waals surface area contributed by atoms with Crippen LogP contribution in [-0.2, 0) is 12.4 Å². The van der Waals surface area contributed by atoms with Crippen LogP contribution in [-0.4, -0.2) is 5.11 Å². The van der Waals surface area contributed by atoms with E-state index < -0.39 is 0 Å². The molecule has 0 spiro atoms. The molecule has 0 aromatic heterocycles. The van der Waals surface area contributed by atoms with Gasteiger partial charge in [0.2, 0.25) is 0 Å². The molecule has 100 valence electrons. The Morgan fingerprint density at radius 3 is 2.32 bits per heavy atom. The van der Waals surface area contributed by atoms with Crippen molar-refractivity contribution in [2.75, 3.05) is 0 Å². The molecule has 3 heteroatoms. The van der Waals surface area contributed by atoms with Crippen LogP contribution in [0.2, 0.25) is 5.02 Å². The molecule has 0 fully saturated rings. The average molecular weight is 293 g/mol. The summed E-state index contributed by atoms with van der Waals surface area (Å²) in [7, 11) is 0. The zero-order chi connectivity index (χ0) is 13.8.